The molecule has 0 N–H and O–H groups in total. The monoisotopic (exact) mass is 250 g/mol. The Labute approximate surface area is 112 Å². The van der Waals surface area contributed by atoms with Crippen molar-refractivity contribution in [2.24, 2.45) is 0 Å². The van der Waals surface area contributed by atoms with Crippen LogP contribution in [0.1, 0.15) is 29.2 Å². The Kier molecular flexibility index (Phi) is 2.71. The highest BCUT2D eigenvalue weighted by atomic mass is 28.1. The van der Waals surface area contributed by atoms with Crippen LogP contribution in [0.5, 0.6) is 0 Å². The van der Waals surface area contributed by atoms with Gasteiger partial charge in [-0.25, -0.2) is 0 Å². The minimum absolute atomic E-state index is 0.698. The van der Waals surface area contributed by atoms with E-state index < -0.39 is 0 Å². The molecule has 0 saturated carbocycles. The van der Waals surface area contributed by atoms with Crippen molar-refractivity contribution >= 4 is 16.3 Å². The summed E-state index contributed by atoms with van der Waals surface area (Å²) in [5, 5.41) is 0. The maximum atomic E-state index is 2.38. The summed E-state index contributed by atoms with van der Waals surface area (Å²) < 4.78 is 0. The number of fused-ring (bicyclic) bond motifs is 1. The van der Waals surface area contributed by atoms with Gasteiger partial charge in [0.05, 0.1) is 0 Å². The van der Waals surface area contributed by atoms with E-state index in [2.05, 4.69) is 62.4 Å². The average Bonchev–Trinajstić information content (AvgIpc) is 2.67. The van der Waals surface area contributed by atoms with Crippen molar-refractivity contribution in [2.45, 2.75) is 19.4 Å². The summed E-state index contributed by atoms with van der Waals surface area (Å²) in [6, 6.07) is 15.4. The molecule has 1 aliphatic rings. The first-order valence-corrected chi connectivity index (χ1v) is 7.71. The minimum atomic E-state index is 0.698. The summed E-state index contributed by atoms with van der Waals surface area (Å²) in [6.45, 7) is 4.46. The highest BCUT2D eigenvalue weighted by Crippen LogP contribution is 2.39. The zero-order valence-electron chi connectivity index (χ0n) is 11.2. The van der Waals surface area contributed by atoms with Crippen molar-refractivity contribution < 1.29 is 0 Å². The molecular formula is C17H18Si. The predicted molar refractivity (Wildman–Crippen MR) is 82.9 cm³/mol. The lowest BCUT2D eigenvalue weighted by Gasteiger charge is -2.12. The van der Waals surface area contributed by atoms with Gasteiger partial charge in [0, 0.05) is 10.2 Å². The fourth-order valence-corrected chi connectivity index (χ4v) is 3.50. The topological polar surface area (TPSA) is 0 Å². The average molecular weight is 250 g/mol. The molecule has 90 valence electrons. The maximum absolute atomic E-state index is 2.38. The Bertz CT molecular complexity index is 638. The lowest BCUT2D eigenvalue weighted by atomic mass is 9.94. The molecule has 0 aliphatic heterocycles. The molecule has 1 heteroatoms. The van der Waals surface area contributed by atoms with Crippen LogP contribution in [0.2, 0.25) is 0 Å². The van der Waals surface area contributed by atoms with Gasteiger partial charge in [0.15, 0.2) is 0 Å². The molecule has 0 heterocycles. The molecule has 0 aromatic heterocycles. The third kappa shape index (κ3) is 1.66. The SMILES string of the molecule is CC1=Cc2c(-c3ccccc3C)cccc2C1[SiH3]. The van der Waals surface area contributed by atoms with Crippen LogP contribution in [0.25, 0.3) is 17.2 Å². The van der Waals surface area contributed by atoms with Gasteiger partial charge in [0.2, 0.25) is 0 Å². The van der Waals surface area contributed by atoms with Crippen LogP contribution in [0.15, 0.2) is 48.0 Å². The molecule has 0 radical (unpaired) electrons. The van der Waals surface area contributed by atoms with Crippen LogP contribution < -0.4 is 0 Å². The standard InChI is InChI=1S/C17H18Si/c1-11-6-3-4-7-13(11)14-8-5-9-15-16(14)10-12(2)17(15)18/h3-10,17H,1-2,18H3. The molecule has 2 aromatic carbocycles. The second-order valence-electron chi connectivity index (χ2n) is 5.23. The first-order chi connectivity index (χ1) is 8.68. The van der Waals surface area contributed by atoms with E-state index in [4.69, 9.17) is 0 Å². The summed E-state index contributed by atoms with van der Waals surface area (Å²) in [7, 11) is 1.20. The Balaban J connectivity index is 2.25. The van der Waals surface area contributed by atoms with Crippen LogP contribution in [0.4, 0.5) is 0 Å². The van der Waals surface area contributed by atoms with Crippen molar-refractivity contribution in [3.8, 4) is 11.1 Å². The van der Waals surface area contributed by atoms with E-state index in [1.807, 2.05) is 0 Å². The molecule has 0 bridgehead atoms. The molecule has 1 aliphatic carbocycles. The number of hydrogen-bond donors (Lipinski definition) is 0. The van der Waals surface area contributed by atoms with E-state index in [9.17, 15) is 0 Å². The number of aryl methyl sites for hydroxylation is 1. The van der Waals surface area contributed by atoms with E-state index in [1.54, 1.807) is 0 Å². The van der Waals surface area contributed by atoms with E-state index in [1.165, 1.54) is 43.6 Å². The van der Waals surface area contributed by atoms with Gasteiger partial charge >= 0.3 is 0 Å². The molecule has 0 spiro atoms. The zero-order valence-corrected chi connectivity index (χ0v) is 13.2. The Morgan fingerprint density at radius 3 is 2.39 bits per heavy atom. The van der Waals surface area contributed by atoms with Crippen molar-refractivity contribution in [2.75, 3.05) is 0 Å². The van der Waals surface area contributed by atoms with Gasteiger partial charge in [-0.1, -0.05) is 54.1 Å². The minimum Gasteiger partial charge on any atom is -0.0689 e. The van der Waals surface area contributed by atoms with Crippen LogP contribution in [0, 0.1) is 6.92 Å². The van der Waals surface area contributed by atoms with Gasteiger partial charge in [-0.3, -0.25) is 0 Å². The molecule has 2 aromatic rings. The molecule has 0 fully saturated rings. The number of allylic oxidation sites excluding steroid dienone is 1. The smallest absolute Gasteiger partial charge is 0.0174 e. The summed E-state index contributed by atoms with van der Waals surface area (Å²) in [5.74, 6) is 0. The molecule has 1 unspecified atom stereocenters. The van der Waals surface area contributed by atoms with Gasteiger partial charge < -0.3 is 0 Å². The van der Waals surface area contributed by atoms with Crippen molar-refractivity contribution in [3.05, 3.63) is 64.7 Å². The van der Waals surface area contributed by atoms with Gasteiger partial charge in [-0.05, 0) is 47.2 Å². The fourth-order valence-electron chi connectivity index (χ4n) is 2.83. The quantitative estimate of drug-likeness (QED) is 0.680. The first kappa shape index (κ1) is 11.5. The second kappa shape index (κ2) is 4.25. The molecule has 18 heavy (non-hydrogen) atoms. The largest absolute Gasteiger partial charge is 0.0689 e. The molecule has 3 rings (SSSR count). The normalized spacial score (nSPS) is 17.7. The van der Waals surface area contributed by atoms with E-state index in [-0.39, 0.29) is 0 Å². The number of benzene rings is 2. The lowest BCUT2D eigenvalue weighted by Crippen LogP contribution is -1.96. The molecule has 0 nitrogen and oxygen atoms in total. The number of rotatable bonds is 1. The Morgan fingerprint density at radius 2 is 1.61 bits per heavy atom. The van der Waals surface area contributed by atoms with Gasteiger partial charge in [-0.2, -0.15) is 0 Å². The summed E-state index contributed by atoms with van der Waals surface area (Å²) >= 11 is 0. The second-order valence-corrected chi connectivity index (χ2v) is 6.39. The van der Waals surface area contributed by atoms with Crippen LogP contribution >= 0.6 is 0 Å². The third-order valence-electron chi connectivity index (χ3n) is 4.10. The predicted octanol–water partition coefficient (Wildman–Crippen LogP) is 3.49. The van der Waals surface area contributed by atoms with Crippen LogP contribution in [0.3, 0.4) is 0 Å². The Morgan fingerprint density at radius 1 is 0.889 bits per heavy atom. The molecule has 0 saturated heterocycles. The summed E-state index contributed by atoms with van der Waals surface area (Å²) in [6.07, 6.45) is 2.38. The van der Waals surface area contributed by atoms with Crippen molar-refractivity contribution in [1.82, 2.24) is 0 Å². The van der Waals surface area contributed by atoms with Crippen molar-refractivity contribution in [3.63, 3.8) is 0 Å². The Hall–Kier alpha value is -1.60. The van der Waals surface area contributed by atoms with Crippen LogP contribution in [-0.2, 0) is 0 Å². The van der Waals surface area contributed by atoms with Gasteiger partial charge in [0.25, 0.3) is 0 Å². The summed E-state index contributed by atoms with van der Waals surface area (Å²) in [5.41, 5.74) is 9.32. The third-order valence-corrected chi connectivity index (χ3v) is 5.63. The highest BCUT2D eigenvalue weighted by Gasteiger charge is 2.20. The highest BCUT2D eigenvalue weighted by molar-refractivity contribution is 6.16. The van der Waals surface area contributed by atoms with Crippen LogP contribution in [-0.4, -0.2) is 10.2 Å². The van der Waals surface area contributed by atoms with Gasteiger partial charge in [-0.15, -0.1) is 0 Å². The van der Waals surface area contributed by atoms with Crippen molar-refractivity contribution in [1.29, 1.82) is 0 Å². The first-order valence-electron chi connectivity index (χ1n) is 6.55. The maximum Gasteiger partial charge on any atom is 0.0174 e. The summed E-state index contributed by atoms with van der Waals surface area (Å²) in [4.78, 5) is 0. The van der Waals surface area contributed by atoms with E-state index in [0.717, 1.165) is 0 Å². The van der Waals surface area contributed by atoms with Gasteiger partial charge in [0.1, 0.15) is 0 Å². The van der Waals surface area contributed by atoms with E-state index in [0.29, 0.717) is 5.54 Å². The van der Waals surface area contributed by atoms with E-state index >= 15 is 0 Å². The molecular weight excluding hydrogens is 232 g/mol. The fraction of sp³-hybridized carbons (Fsp3) is 0.176. The number of hydrogen-bond acceptors (Lipinski definition) is 0. The lowest BCUT2D eigenvalue weighted by molar-refractivity contribution is 1.14. The zero-order chi connectivity index (χ0) is 12.7. The molecule has 1 atom stereocenters. The molecule has 0 amide bonds.